The predicted octanol–water partition coefficient (Wildman–Crippen LogP) is 6.16. The zero-order valence-corrected chi connectivity index (χ0v) is 15.1. The zero-order chi connectivity index (χ0) is 17.7. The highest BCUT2D eigenvalue weighted by atomic mass is 35.5. The lowest BCUT2D eigenvalue weighted by Crippen LogP contribution is -1.89. The molecule has 0 amide bonds. The van der Waals surface area contributed by atoms with Crippen molar-refractivity contribution in [2.24, 2.45) is 0 Å². The second kappa shape index (κ2) is 8.29. The van der Waals surface area contributed by atoms with E-state index < -0.39 is 5.82 Å². The summed E-state index contributed by atoms with van der Waals surface area (Å²) in [6, 6.07) is 13.8. The normalized spacial score (nSPS) is 10.0. The molecular formula is C18H14Cl2FNOS. The SMILES string of the molecule is Cc1ccsc1C(=O)Cl.Nc1ccccc1-c1ccc(F)c(Cl)c1. The Morgan fingerprint density at radius 1 is 1.17 bits per heavy atom. The molecule has 0 spiro atoms. The van der Waals surface area contributed by atoms with Crippen LogP contribution in [-0.2, 0) is 0 Å². The number of carbonyl (C=O) groups is 1. The molecule has 3 rings (SSSR count). The van der Waals surface area contributed by atoms with E-state index in [-0.39, 0.29) is 10.3 Å². The van der Waals surface area contributed by atoms with Crippen LogP contribution >= 0.6 is 34.5 Å². The fourth-order valence-electron chi connectivity index (χ4n) is 2.00. The van der Waals surface area contributed by atoms with Gasteiger partial charge in [-0.15, -0.1) is 11.3 Å². The Balaban J connectivity index is 0.000000198. The summed E-state index contributed by atoms with van der Waals surface area (Å²) in [5, 5.41) is 1.60. The van der Waals surface area contributed by atoms with Gasteiger partial charge in [0.2, 0.25) is 0 Å². The quantitative estimate of drug-likeness (QED) is 0.426. The number of anilines is 1. The van der Waals surface area contributed by atoms with Crippen LogP contribution in [0.3, 0.4) is 0 Å². The van der Waals surface area contributed by atoms with Gasteiger partial charge in [-0.25, -0.2) is 4.39 Å². The molecule has 2 aromatic carbocycles. The van der Waals surface area contributed by atoms with Crippen LogP contribution in [-0.4, -0.2) is 5.24 Å². The van der Waals surface area contributed by atoms with Crippen LogP contribution in [0.4, 0.5) is 10.1 Å². The highest BCUT2D eigenvalue weighted by molar-refractivity contribution is 7.14. The fourth-order valence-corrected chi connectivity index (χ4v) is 3.22. The number of rotatable bonds is 2. The largest absolute Gasteiger partial charge is 0.398 e. The Morgan fingerprint density at radius 3 is 2.38 bits per heavy atom. The van der Waals surface area contributed by atoms with E-state index in [0.29, 0.717) is 10.6 Å². The Hall–Kier alpha value is -1.88. The minimum absolute atomic E-state index is 0.107. The van der Waals surface area contributed by atoms with Crippen molar-refractivity contribution in [3.63, 3.8) is 0 Å². The summed E-state index contributed by atoms with van der Waals surface area (Å²) in [5.41, 5.74) is 9.09. The summed E-state index contributed by atoms with van der Waals surface area (Å²) in [4.78, 5) is 11.2. The number of thiophene rings is 1. The molecule has 0 saturated carbocycles. The third-order valence-corrected chi connectivity index (χ3v) is 4.84. The van der Waals surface area contributed by atoms with Crippen molar-refractivity contribution in [2.45, 2.75) is 6.92 Å². The van der Waals surface area contributed by atoms with Crippen LogP contribution in [0.2, 0.25) is 5.02 Å². The molecule has 0 fully saturated rings. The van der Waals surface area contributed by atoms with Gasteiger partial charge in [0.15, 0.2) is 0 Å². The number of nitrogens with two attached hydrogens (primary N) is 1. The standard InChI is InChI=1S/C12H9ClFN.C6H5ClOS/c13-10-7-8(5-6-11(10)14)9-3-1-2-4-12(9)15;1-4-2-3-9-5(4)6(7)8/h1-7H,15H2;2-3H,1H3. The van der Waals surface area contributed by atoms with Crippen LogP contribution in [0.1, 0.15) is 15.2 Å². The van der Waals surface area contributed by atoms with Crippen LogP contribution in [0.5, 0.6) is 0 Å². The maximum Gasteiger partial charge on any atom is 0.262 e. The third kappa shape index (κ3) is 4.57. The molecule has 0 aliphatic heterocycles. The smallest absolute Gasteiger partial charge is 0.262 e. The van der Waals surface area contributed by atoms with E-state index in [0.717, 1.165) is 16.7 Å². The molecule has 2 N–H and O–H groups in total. The topological polar surface area (TPSA) is 43.1 Å². The number of aryl methyl sites for hydroxylation is 1. The lowest BCUT2D eigenvalue weighted by molar-refractivity contribution is 0.108. The first-order chi connectivity index (χ1) is 11.4. The molecule has 2 nitrogen and oxygen atoms in total. The lowest BCUT2D eigenvalue weighted by atomic mass is 10.0. The zero-order valence-electron chi connectivity index (χ0n) is 12.7. The number of nitrogen functional groups attached to an aromatic ring is 1. The molecule has 0 saturated heterocycles. The third-order valence-electron chi connectivity index (χ3n) is 3.23. The molecule has 0 aliphatic carbocycles. The molecule has 0 unspecified atom stereocenters. The molecule has 0 atom stereocenters. The number of para-hydroxylation sites is 1. The van der Waals surface area contributed by atoms with Crippen molar-refractivity contribution in [2.75, 3.05) is 5.73 Å². The Labute approximate surface area is 153 Å². The molecule has 0 aliphatic rings. The maximum atomic E-state index is 13.0. The van der Waals surface area contributed by atoms with Crippen molar-refractivity contribution in [3.05, 3.63) is 75.2 Å². The van der Waals surface area contributed by atoms with E-state index in [1.807, 2.05) is 36.6 Å². The molecule has 3 aromatic rings. The van der Waals surface area contributed by atoms with Gasteiger partial charge in [0.05, 0.1) is 9.90 Å². The molecule has 24 heavy (non-hydrogen) atoms. The first-order valence-corrected chi connectivity index (χ1v) is 8.57. The summed E-state index contributed by atoms with van der Waals surface area (Å²) < 4.78 is 13.0. The van der Waals surface area contributed by atoms with E-state index in [9.17, 15) is 9.18 Å². The molecule has 0 radical (unpaired) electrons. The number of hydrogen-bond acceptors (Lipinski definition) is 3. The summed E-state index contributed by atoms with van der Waals surface area (Å²) in [5.74, 6) is -0.421. The molecule has 1 aromatic heterocycles. The van der Waals surface area contributed by atoms with Gasteiger partial charge < -0.3 is 5.73 Å². The monoisotopic (exact) mass is 381 g/mol. The van der Waals surface area contributed by atoms with Gasteiger partial charge in [-0.05, 0) is 59.3 Å². The Morgan fingerprint density at radius 2 is 1.88 bits per heavy atom. The molecule has 1 heterocycles. The van der Waals surface area contributed by atoms with Crippen molar-refractivity contribution < 1.29 is 9.18 Å². The molecule has 0 bridgehead atoms. The average Bonchev–Trinajstić information content (AvgIpc) is 2.98. The number of hydrogen-bond donors (Lipinski definition) is 1. The van der Waals surface area contributed by atoms with Crippen molar-refractivity contribution in [1.29, 1.82) is 0 Å². The number of carbonyl (C=O) groups excluding carboxylic acids is 1. The van der Waals surface area contributed by atoms with Gasteiger partial charge in [-0.3, -0.25) is 4.79 Å². The second-order valence-electron chi connectivity index (χ2n) is 4.92. The van der Waals surface area contributed by atoms with Gasteiger partial charge in [0.1, 0.15) is 5.82 Å². The molecule has 124 valence electrons. The average molecular weight is 382 g/mol. The molecular weight excluding hydrogens is 368 g/mol. The van der Waals surface area contributed by atoms with E-state index in [1.54, 1.807) is 18.2 Å². The first kappa shape index (κ1) is 18.5. The van der Waals surface area contributed by atoms with E-state index in [1.165, 1.54) is 17.4 Å². The Kier molecular flexibility index (Phi) is 6.37. The van der Waals surface area contributed by atoms with Gasteiger partial charge in [0.25, 0.3) is 5.24 Å². The lowest BCUT2D eigenvalue weighted by Gasteiger charge is -2.05. The predicted molar refractivity (Wildman–Crippen MR) is 100 cm³/mol. The first-order valence-electron chi connectivity index (χ1n) is 6.94. The van der Waals surface area contributed by atoms with Crippen molar-refractivity contribution in [1.82, 2.24) is 0 Å². The van der Waals surface area contributed by atoms with Crippen molar-refractivity contribution >= 4 is 45.5 Å². The summed E-state index contributed by atoms with van der Waals surface area (Å²) in [7, 11) is 0. The van der Waals surface area contributed by atoms with E-state index >= 15 is 0 Å². The highest BCUT2D eigenvalue weighted by Gasteiger charge is 2.05. The fraction of sp³-hybridized carbons (Fsp3) is 0.0556. The van der Waals surface area contributed by atoms with Gasteiger partial charge in [-0.2, -0.15) is 0 Å². The Bertz CT molecular complexity index is 864. The van der Waals surface area contributed by atoms with E-state index in [4.69, 9.17) is 28.9 Å². The van der Waals surface area contributed by atoms with Crippen molar-refractivity contribution in [3.8, 4) is 11.1 Å². The molecule has 6 heteroatoms. The van der Waals surface area contributed by atoms with Crippen LogP contribution in [0.25, 0.3) is 11.1 Å². The van der Waals surface area contributed by atoms with Gasteiger partial charge in [-0.1, -0.05) is 35.9 Å². The maximum absolute atomic E-state index is 13.0. The van der Waals surface area contributed by atoms with Crippen LogP contribution in [0, 0.1) is 12.7 Å². The summed E-state index contributed by atoms with van der Waals surface area (Å²) >= 11 is 12.3. The number of halogens is 3. The van der Waals surface area contributed by atoms with Crippen LogP contribution < -0.4 is 5.73 Å². The van der Waals surface area contributed by atoms with Crippen LogP contribution in [0.15, 0.2) is 53.9 Å². The van der Waals surface area contributed by atoms with E-state index in [2.05, 4.69) is 0 Å². The minimum Gasteiger partial charge on any atom is -0.398 e. The minimum atomic E-state index is -0.421. The number of benzene rings is 2. The highest BCUT2D eigenvalue weighted by Crippen LogP contribution is 2.28. The summed E-state index contributed by atoms with van der Waals surface area (Å²) in [6.07, 6.45) is 0. The van der Waals surface area contributed by atoms with Gasteiger partial charge >= 0.3 is 0 Å². The second-order valence-corrected chi connectivity index (χ2v) is 6.59. The van der Waals surface area contributed by atoms with Gasteiger partial charge in [0, 0.05) is 11.3 Å². The summed E-state index contributed by atoms with van der Waals surface area (Å²) in [6.45, 7) is 1.87.